The lowest BCUT2D eigenvalue weighted by Crippen LogP contribution is -2.42. The average Bonchev–Trinajstić information content (AvgIpc) is 2.76. The molecule has 0 saturated heterocycles. The van der Waals surface area contributed by atoms with E-state index in [0.717, 1.165) is 11.3 Å². The number of fused-ring (bicyclic) bond motifs is 1. The van der Waals surface area contributed by atoms with Crippen molar-refractivity contribution in [1.29, 1.82) is 0 Å². The Morgan fingerprint density at radius 2 is 1.72 bits per heavy atom. The first-order chi connectivity index (χ1) is 11.1. The zero-order chi connectivity index (χ0) is 19.4. The number of hydrogen-bond donors (Lipinski definition) is 0. The van der Waals surface area contributed by atoms with Gasteiger partial charge in [0.05, 0.1) is 5.52 Å². The van der Waals surface area contributed by atoms with Gasteiger partial charge in [0.2, 0.25) is 0 Å². The van der Waals surface area contributed by atoms with Crippen LogP contribution >= 0.6 is 15.9 Å². The van der Waals surface area contributed by atoms with Crippen molar-refractivity contribution in [1.82, 2.24) is 9.55 Å². The fourth-order valence-corrected chi connectivity index (χ4v) is 4.53. The van der Waals surface area contributed by atoms with Gasteiger partial charge in [-0.2, -0.15) is 0 Å². The van der Waals surface area contributed by atoms with Gasteiger partial charge in [-0.1, -0.05) is 36.7 Å². The lowest BCUT2D eigenvalue weighted by molar-refractivity contribution is 0.181. The Morgan fingerprint density at radius 1 is 1.16 bits per heavy atom. The van der Waals surface area contributed by atoms with Gasteiger partial charge >= 0.3 is 0 Å². The monoisotopic (exact) mass is 428 g/mol. The fraction of sp³-hybridized carbons (Fsp3) is 0.632. The van der Waals surface area contributed by atoms with E-state index in [9.17, 15) is 4.39 Å². The third kappa shape index (κ3) is 4.01. The fourth-order valence-electron chi connectivity index (χ4n) is 2.77. The molecule has 0 unspecified atom stereocenters. The Morgan fingerprint density at radius 3 is 2.20 bits per heavy atom. The van der Waals surface area contributed by atoms with Crippen LogP contribution in [0.15, 0.2) is 16.6 Å². The second-order valence-corrected chi connectivity index (χ2v) is 14.9. The lowest BCUT2D eigenvalue weighted by Gasteiger charge is -2.39. The molecule has 25 heavy (non-hydrogen) atoms. The number of nitrogens with zero attached hydrogens (tertiary/aromatic N) is 2. The topological polar surface area (TPSA) is 27.1 Å². The van der Waals surface area contributed by atoms with Gasteiger partial charge in [-0.25, -0.2) is 9.37 Å². The van der Waals surface area contributed by atoms with Crippen LogP contribution in [0.25, 0.3) is 11.0 Å². The van der Waals surface area contributed by atoms with E-state index in [1.807, 2.05) is 13.0 Å². The molecule has 0 radical (unpaired) electrons. The third-order valence-electron chi connectivity index (χ3n) is 5.02. The Hall–Kier alpha value is -0.723. The van der Waals surface area contributed by atoms with E-state index < -0.39 is 8.32 Å². The summed E-state index contributed by atoms with van der Waals surface area (Å²) in [4.78, 5) is 4.65. The van der Waals surface area contributed by atoms with Gasteiger partial charge in [-0.3, -0.25) is 0 Å². The van der Waals surface area contributed by atoms with Crippen LogP contribution in [-0.4, -0.2) is 17.9 Å². The summed E-state index contributed by atoms with van der Waals surface area (Å²) in [6.45, 7) is 19.5. The highest BCUT2D eigenvalue weighted by Gasteiger charge is 2.40. The summed E-state index contributed by atoms with van der Waals surface area (Å²) in [6, 6.07) is 3.39. The second kappa shape index (κ2) is 6.46. The maximum absolute atomic E-state index is 14.5. The van der Waals surface area contributed by atoms with E-state index in [2.05, 4.69) is 80.1 Å². The largest absolute Gasteiger partial charge is 0.407 e. The molecule has 0 saturated carbocycles. The molecule has 0 spiro atoms. The molecular weight excluding hydrogens is 399 g/mol. The molecule has 140 valence electrons. The van der Waals surface area contributed by atoms with Crippen LogP contribution in [0, 0.1) is 5.82 Å². The average molecular weight is 429 g/mol. The van der Waals surface area contributed by atoms with Crippen molar-refractivity contribution in [2.24, 2.45) is 0 Å². The number of halogens is 2. The van der Waals surface area contributed by atoms with Crippen LogP contribution in [-0.2, 0) is 9.96 Å². The third-order valence-corrected chi connectivity index (χ3v) is 10.0. The number of hydrogen-bond acceptors (Lipinski definition) is 2. The SMILES string of the molecule is C[C@@H](O[Si](C)(C)C(C)(C)C)c1nc2c(F)cc(Br)cc2n1C(C)(C)C. The van der Waals surface area contributed by atoms with E-state index >= 15 is 0 Å². The van der Waals surface area contributed by atoms with E-state index in [0.29, 0.717) is 9.99 Å². The molecule has 0 bridgehead atoms. The molecule has 0 aliphatic carbocycles. The summed E-state index contributed by atoms with van der Waals surface area (Å²) >= 11 is 3.40. The van der Waals surface area contributed by atoms with Gasteiger partial charge in [0, 0.05) is 10.0 Å². The summed E-state index contributed by atoms with van der Waals surface area (Å²) in [5.41, 5.74) is 0.960. The van der Waals surface area contributed by atoms with E-state index in [1.165, 1.54) is 6.07 Å². The Labute approximate surface area is 160 Å². The molecule has 1 heterocycles. The summed E-state index contributed by atoms with van der Waals surface area (Å²) < 4.78 is 23.8. The molecule has 1 atom stereocenters. The molecule has 3 nitrogen and oxygen atoms in total. The second-order valence-electron chi connectivity index (χ2n) is 9.25. The van der Waals surface area contributed by atoms with Gasteiger partial charge < -0.3 is 8.99 Å². The predicted molar refractivity (Wildman–Crippen MR) is 109 cm³/mol. The van der Waals surface area contributed by atoms with Crippen molar-refractivity contribution in [3.8, 4) is 0 Å². The zero-order valence-corrected chi connectivity index (χ0v) is 19.4. The maximum Gasteiger partial charge on any atom is 0.193 e. The quantitative estimate of drug-likeness (QED) is 0.503. The minimum Gasteiger partial charge on any atom is -0.407 e. The van der Waals surface area contributed by atoms with Crippen LogP contribution in [0.3, 0.4) is 0 Å². The van der Waals surface area contributed by atoms with Gasteiger partial charge in [-0.15, -0.1) is 0 Å². The highest BCUT2D eigenvalue weighted by Crippen LogP contribution is 2.41. The van der Waals surface area contributed by atoms with Gasteiger partial charge in [-0.05, 0) is 58.0 Å². The van der Waals surface area contributed by atoms with Gasteiger partial charge in [0.15, 0.2) is 14.1 Å². The number of rotatable bonds is 3. The number of benzene rings is 1. The van der Waals surface area contributed by atoms with Crippen LogP contribution < -0.4 is 0 Å². The normalized spacial score (nSPS) is 15.0. The smallest absolute Gasteiger partial charge is 0.193 e. The van der Waals surface area contributed by atoms with Crippen molar-refractivity contribution >= 4 is 35.3 Å². The standard InChI is InChI=1S/C19H30BrFN2OSi/c1-12(24-25(8,9)19(5,6)7)17-22-16-14(21)10-13(20)11-15(16)23(17)18(2,3)4/h10-12H,1-9H3/t12-/m1/s1. The lowest BCUT2D eigenvalue weighted by atomic mass is 10.1. The Kier molecular flexibility index (Phi) is 5.32. The Balaban J connectivity index is 2.63. The molecule has 0 N–H and O–H groups in total. The summed E-state index contributed by atoms with van der Waals surface area (Å²) in [5, 5.41) is 0.105. The molecule has 2 rings (SSSR count). The van der Waals surface area contributed by atoms with E-state index in [1.54, 1.807) is 0 Å². The molecular formula is C19H30BrFN2OSi. The molecule has 6 heteroatoms. The van der Waals surface area contributed by atoms with E-state index in [-0.39, 0.29) is 22.5 Å². The first-order valence-corrected chi connectivity index (χ1v) is 12.4. The van der Waals surface area contributed by atoms with Crippen LogP contribution in [0.2, 0.25) is 18.1 Å². The summed E-state index contributed by atoms with van der Waals surface area (Å²) in [5.74, 6) is 0.470. The Bertz CT molecular complexity index is 787. The van der Waals surface area contributed by atoms with Gasteiger partial charge in [0.25, 0.3) is 0 Å². The highest BCUT2D eigenvalue weighted by atomic mass is 79.9. The molecule has 1 aromatic carbocycles. The maximum atomic E-state index is 14.5. The predicted octanol–water partition coefficient (Wildman–Crippen LogP) is 6.78. The van der Waals surface area contributed by atoms with Crippen molar-refractivity contribution in [2.75, 3.05) is 0 Å². The molecule has 0 aliphatic rings. The van der Waals surface area contributed by atoms with Crippen LogP contribution in [0.4, 0.5) is 4.39 Å². The van der Waals surface area contributed by atoms with Crippen molar-refractivity contribution < 1.29 is 8.82 Å². The first kappa shape index (κ1) is 20.6. The molecule has 0 fully saturated rings. The van der Waals surface area contributed by atoms with E-state index in [4.69, 9.17) is 4.43 Å². The van der Waals surface area contributed by atoms with Crippen molar-refractivity contribution in [3.63, 3.8) is 0 Å². The van der Waals surface area contributed by atoms with Gasteiger partial charge in [0.1, 0.15) is 17.4 Å². The van der Waals surface area contributed by atoms with Crippen molar-refractivity contribution in [3.05, 3.63) is 28.2 Å². The molecule has 0 aliphatic heterocycles. The molecule has 0 amide bonds. The van der Waals surface area contributed by atoms with Crippen molar-refractivity contribution in [2.45, 2.75) is 78.2 Å². The minimum atomic E-state index is -1.96. The number of aromatic nitrogens is 2. The summed E-state index contributed by atoms with van der Waals surface area (Å²) in [6.07, 6.45) is -0.203. The first-order valence-electron chi connectivity index (χ1n) is 8.71. The minimum absolute atomic E-state index is 0.105. The molecule has 2 aromatic rings. The van der Waals surface area contributed by atoms with Crippen LogP contribution in [0.5, 0.6) is 0 Å². The summed E-state index contributed by atoms with van der Waals surface area (Å²) in [7, 11) is -1.96. The highest BCUT2D eigenvalue weighted by molar-refractivity contribution is 9.10. The van der Waals surface area contributed by atoms with Crippen LogP contribution in [0.1, 0.15) is 60.4 Å². The number of imidazole rings is 1. The zero-order valence-electron chi connectivity index (χ0n) is 16.8. The molecule has 1 aromatic heterocycles.